The first-order valence-corrected chi connectivity index (χ1v) is 4.24. The molecule has 0 spiro atoms. The third-order valence-electron chi connectivity index (χ3n) is 1.77. The van der Waals surface area contributed by atoms with E-state index in [0.717, 1.165) is 19.6 Å². The van der Waals surface area contributed by atoms with Crippen LogP contribution in [0.1, 0.15) is 19.8 Å². The molecule has 0 N–H and O–H groups in total. The van der Waals surface area contributed by atoms with Crippen molar-refractivity contribution < 1.29 is 9.47 Å². The number of epoxide rings is 1. The van der Waals surface area contributed by atoms with Gasteiger partial charge in [-0.15, -0.1) is 6.58 Å². The summed E-state index contributed by atoms with van der Waals surface area (Å²) in [7, 11) is 0. The molecule has 1 rings (SSSR count). The fourth-order valence-electron chi connectivity index (χ4n) is 0.936. The third-order valence-corrected chi connectivity index (χ3v) is 1.77. The summed E-state index contributed by atoms with van der Waals surface area (Å²) in [6.07, 6.45) is 4.55. The second-order valence-corrected chi connectivity index (χ2v) is 2.80. The molecule has 11 heavy (non-hydrogen) atoms. The molecular weight excluding hydrogens is 140 g/mol. The zero-order valence-electron chi connectivity index (χ0n) is 7.08. The zero-order valence-corrected chi connectivity index (χ0v) is 7.08. The molecule has 0 aliphatic carbocycles. The minimum atomic E-state index is 0.126. The van der Waals surface area contributed by atoms with E-state index in [9.17, 15) is 0 Å². The highest BCUT2D eigenvalue weighted by Crippen LogP contribution is 2.17. The summed E-state index contributed by atoms with van der Waals surface area (Å²) in [5.41, 5.74) is 0. The second-order valence-electron chi connectivity index (χ2n) is 2.80. The highest BCUT2D eigenvalue weighted by molar-refractivity contribution is 4.92. The molecule has 0 amide bonds. The zero-order chi connectivity index (χ0) is 8.10. The van der Waals surface area contributed by atoms with Crippen LogP contribution < -0.4 is 0 Å². The first-order chi connectivity index (χ1) is 5.38. The molecule has 0 aromatic heterocycles. The van der Waals surface area contributed by atoms with Gasteiger partial charge in [0.05, 0.1) is 6.61 Å². The van der Waals surface area contributed by atoms with Gasteiger partial charge < -0.3 is 9.47 Å². The van der Waals surface area contributed by atoms with Gasteiger partial charge in [-0.3, -0.25) is 0 Å². The molecule has 0 unspecified atom stereocenters. The van der Waals surface area contributed by atoms with E-state index in [-0.39, 0.29) is 6.10 Å². The Morgan fingerprint density at radius 1 is 1.82 bits per heavy atom. The van der Waals surface area contributed by atoms with Crippen LogP contribution in [0.2, 0.25) is 0 Å². The molecule has 1 saturated heterocycles. The molecular formula is C9H16O2. The Labute approximate surface area is 68.2 Å². The summed E-state index contributed by atoms with van der Waals surface area (Å²) in [6.45, 7) is 7.51. The van der Waals surface area contributed by atoms with Gasteiger partial charge in [-0.25, -0.2) is 0 Å². The van der Waals surface area contributed by atoms with Crippen LogP contribution in [-0.4, -0.2) is 25.4 Å². The summed E-state index contributed by atoms with van der Waals surface area (Å²) >= 11 is 0. The molecule has 1 heterocycles. The predicted octanol–water partition coefficient (Wildman–Crippen LogP) is 1.76. The number of rotatable bonds is 6. The van der Waals surface area contributed by atoms with Crippen LogP contribution in [-0.2, 0) is 9.47 Å². The fraction of sp³-hybridized carbons (Fsp3) is 0.778. The normalized spacial score (nSPS) is 24.6. The van der Waals surface area contributed by atoms with E-state index < -0.39 is 0 Å². The van der Waals surface area contributed by atoms with E-state index in [1.54, 1.807) is 0 Å². The topological polar surface area (TPSA) is 21.8 Å². The Morgan fingerprint density at radius 2 is 2.55 bits per heavy atom. The maximum Gasteiger partial charge on any atom is 0.111 e. The van der Waals surface area contributed by atoms with Crippen LogP contribution in [0.3, 0.4) is 0 Å². The van der Waals surface area contributed by atoms with E-state index in [1.807, 2.05) is 6.08 Å². The second kappa shape index (κ2) is 4.52. The van der Waals surface area contributed by atoms with E-state index >= 15 is 0 Å². The van der Waals surface area contributed by atoms with E-state index in [1.165, 1.54) is 6.42 Å². The molecule has 64 valence electrons. The van der Waals surface area contributed by atoms with Gasteiger partial charge in [-0.2, -0.15) is 0 Å². The van der Waals surface area contributed by atoms with Crippen LogP contribution in [0.25, 0.3) is 0 Å². The van der Waals surface area contributed by atoms with Gasteiger partial charge >= 0.3 is 0 Å². The standard InChI is InChI=1S/C9H16O2/c1-3-5-6-10-8(4-2)9-7-11-9/h4,8-9H,2-3,5-7H2,1H3/t8-,9-/m1/s1. The minimum Gasteiger partial charge on any atom is -0.371 e. The van der Waals surface area contributed by atoms with E-state index in [4.69, 9.17) is 9.47 Å². The lowest BCUT2D eigenvalue weighted by Gasteiger charge is -2.09. The maximum atomic E-state index is 5.51. The van der Waals surface area contributed by atoms with Crippen LogP contribution in [0.15, 0.2) is 12.7 Å². The molecule has 1 aliphatic rings. The first kappa shape index (κ1) is 8.75. The van der Waals surface area contributed by atoms with Crippen LogP contribution in [0.4, 0.5) is 0 Å². The van der Waals surface area contributed by atoms with Crippen molar-refractivity contribution in [3.63, 3.8) is 0 Å². The van der Waals surface area contributed by atoms with Crippen LogP contribution in [0, 0.1) is 0 Å². The van der Waals surface area contributed by atoms with Crippen molar-refractivity contribution in [2.45, 2.75) is 32.0 Å². The van der Waals surface area contributed by atoms with Gasteiger partial charge in [0.25, 0.3) is 0 Å². The average Bonchev–Trinajstić information content (AvgIpc) is 2.81. The summed E-state index contributed by atoms with van der Waals surface area (Å²) in [4.78, 5) is 0. The quantitative estimate of drug-likeness (QED) is 0.332. The fourth-order valence-corrected chi connectivity index (χ4v) is 0.936. The highest BCUT2D eigenvalue weighted by atomic mass is 16.6. The monoisotopic (exact) mass is 156 g/mol. The summed E-state index contributed by atoms with van der Waals surface area (Å²) in [6, 6.07) is 0. The predicted molar refractivity (Wildman–Crippen MR) is 44.6 cm³/mol. The Hall–Kier alpha value is -0.340. The lowest BCUT2D eigenvalue weighted by atomic mass is 10.2. The van der Waals surface area contributed by atoms with Gasteiger partial charge in [0.2, 0.25) is 0 Å². The van der Waals surface area contributed by atoms with Crippen molar-refractivity contribution in [1.82, 2.24) is 0 Å². The van der Waals surface area contributed by atoms with Gasteiger partial charge in [-0.05, 0) is 6.42 Å². The molecule has 1 aliphatic heterocycles. The largest absolute Gasteiger partial charge is 0.371 e. The molecule has 0 saturated carbocycles. The van der Waals surface area contributed by atoms with Crippen LogP contribution in [0.5, 0.6) is 0 Å². The lowest BCUT2D eigenvalue weighted by Crippen LogP contribution is -2.17. The van der Waals surface area contributed by atoms with Crippen molar-refractivity contribution in [3.05, 3.63) is 12.7 Å². The van der Waals surface area contributed by atoms with Crippen molar-refractivity contribution in [1.29, 1.82) is 0 Å². The molecule has 0 bridgehead atoms. The molecule has 2 nitrogen and oxygen atoms in total. The highest BCUT2D eigenvalue weighted by Gasteiger charge is 2.31. The molecule has 2 heteroatoms. The minimum absolute atomic E-state index is 0.126. The first-order valence-electron chi connectivity index (χ1n) is 4.24. The van der Waals surface area contributed by atoms with E-state index in [2.05, 4.69) is 13.5 Å². The Balaban J connectivity index is 2.05. The smallest absolute Gasteiger partial charge is 0.111 e. The number of hydrogen-bond donors (Lipinski definition) is 0. The van der Waals surface area contributed by atoms with E-state index in [0.29, 0.717) is 6.10 Å². The van der Waals surface area contributed by atoms with Gasteiger partial charge in [0.1, 0.15) is 12.2 Å². The lowest BCUT2D eigenvalue weighted by molar-refractivity contribution is 0.0630. The summed E-state index contributed by atoms with van der Waals surface area (Å²) in [5.74, 6) is 0. The van der Waals surface area contributed by atoms with Crippen molar-refractivity contribution in [2.24, 2.45) is 0 Å². The van der Waals surface area contributed by atoms with Crippen LogP contribution >= 0.6 is 0 Å². The van der Waals surface area contributed by atoms with Crippen molar-refractivity contribution >= 4 is 0 Å². The SMILES string of the molecule is C=C[C@@H](OCCCC)[C@H]1CO1. The molecule has 0 radical (unpaired) electrons. The Kier molecular flexibility index (Phi) is 3.60. The molecule has 0 aromatic carbocycles. The van der Waals surface area contributed by atoms with Gasteiger partial charge in [0.15, 0.2) is 0 Å². The summed E-state index contributed by atoms with van der Waals surface area (Å²) in [5, 5.41) is 0. The average molecular weight is 156 g/mol. The number of ether oxygens (including phenoxy) is 2. The third kappa shape index (κ3) is 3.04. The molecule has 2 atom stereocenters. The molecule has 0 aromatic rings. The van der Waals surface area contributed by atoms with Crippen molar-refractivity contribution in [2.75, 3.05) is 13.2 Å². The van der Waals surface area contributed by atoms with Gasteiger partial charge in [-0.1, -0.05) is 19.4 Å². The number of unbranched alkanes of at least 4 members (excludes halogenated alkanes) is 1. The molecule has 1 fully saturated rings. The summed E-state index contributed by atoms with van der Waals surface area (Å²) < 4.78 is 10.6. The Bertz CT molecular complexity index is 119. The maximum absolute atomic E-state index is 5.51. The van der Waals surface area contributed by atoms with Gasteiger partial charge in [0, 0.05) is 6.61 Å². The number of hydrogen-bond acceptors (Lipinski definition) is 2. The van der Waals surface area contributed by atoms with Crippen molar-refractivity contribution in [3.8, 4) is 0 Å². The Morgan fingerprint density at radius 3 is 3.00 bits per heavy atom.